The first kappa shape index (κ1) is 16.7. The van der Waals surface area contributed by atoms with Crippen LogP contribution < -0.4 is 5.32 Å². The molecule has 1 amide bonds. The van der Waals surface area contributed by atoms with Gasteiger partial charge in [0, 0.05) is 42.8 Å². The highest BCUT2D eigenvalue weighted by Gasteiger charge is 2.28. The summed E-state index contributed by atoms with van der Waals surface area (Å²) in [5.41, 5.74) is 1.78. The maximum Gasteiger partial charge on any atom is 0.227 e. The number of anilines is 1. The molecule has 1 fully saturated rings. The molecule has 0 unspecified atom stereocenters. The molecule has 1 saturated heterocycles. The van der Waals surface area contributed by atoms with Crippen LogP contribution in [0.15, 0.2) is 48.8 Å². The molecule has 3 rings (SSSR count). The summed E-state index contributed by atoms with van der Waals surface area (Å²) >= 11 is 0. The van der Waals surface area contributed by atoms with Crippen LogP contribution in [-0.2, 0) is 14.8 Å². The third-order valence-electron chi connectivity index (χ3n) is 4.33. The molecule has 6 nitrogen and oxygen atoms in total. The summed E-state index contributed by atoms with van der Waals surface area (Å²) in [6.45, 7) is 0.812. The molecule has 0 spiro atoms. The molecule has 2 heterocycles. The summed E-state index contributed by atoms with van der Waals surface area (Å²) in [4.78, 5) is 12.4. The lowest BCUT2D eigenvalue weighted by molar-refractivity contribution is -0.120. The van der Waals surface area contributed by atoms with E-state index in [4.69, 9.17) is 0 Å². The van der Waals surface area contributed by atoms with Crippen molar-refractivity contribution in [2.45, 2.75) is 12.8 Å². The molecule has 1 aliphatic heterocycles. The number of hydrogen-bond acceptors (Lipinski definition) is 3. The second-order valence-corrected chi connectivity index (χ2v) is 8.05. The second kappa shape index (κ2) is 6.78. The van der Waals surface area contributed by atoms with E-state index >= 15 is 0 Å². The molecule has 1 aliphatic rings. The number of carbonyl (C=O) groups excluding carboxylic acids is 1. The van der Waals surface area contributed by atoms with Crippen molar-refractivity contribution in [1.29, 1.82) is 0 Å². The quantitative estimate of drug-likeness (QED) is 0.920. The summed E-state index contributed by atoms with van der Waals surface area (Å²) < 4.78 is 26.4. The van der Waals surface area contributed by atoms with Crippen LogP contribution in [0.2, 0.25) is 0 Å². The van der Waals surface area contributed by atoms with E-state index in [1.54, 1.807) is 0 Å². The highest BCUT2D eigenvalue weighted by Crippen LogP contribution is 2.21. The van der Waals surface area contributed by atoms with Crippen LogP contribution in [-0.4, -0.2) is 42.5 Å². The van der Waals surface area contributed by atoms with Gasteiger partial charge in [-0.25, -0.2) is 12.7 Å². The first-order valence-electron chi connectivity index (χ1n) is 7.93. The minimum Gasteiger partial charge on any atom is -0.326 e. The molecule has 128 valence electrons. The van der Waals surface area contributed by atoms with Gasteiger partial charge in [0.25, 0.3) is 0 Å². The van der Waals surface area contributed by atoms with Gasteiger partial charge in [-0.15, -0.1) is 0 Å². The number of nitrogens with one attached hydrogen (secondary N) is 1. The van der Waals surface area contributed by atoms with Crippen molar-refractivity contribution in [2.24, 2.45) is 5.92 Å². The number of benzene rings is 1. The van der Waals surface area contributed by atoms with E-state index in [1.807, 2.05) is 53.4 Å². The van der Waals surface area contributed by atoms with Gasteiger partial charge in [0.15, 0.2) is 0 Å². The monoisotopic (exact) mass is 347 g/mol. The minimum absolute atomic E-state index is 0.0446. The predicted octanol–water partition coefficient (Wildman–Crippen LogP) is 2.09. The third kappa shape index (κ3) is 3.85. The number of aromatic nitrogens is 1. The molecule has 0 bridgehead atoms. The summed E-state index contributed by atoms with van der Waals surface area (Å²) in [6, 6.07) is 11.6. The first-order chi connectivity index (χ1) is 11.4. The standard InChI is InChI=1S/C17H21N3O3S/c1-24(22,23)20-12-8-14(9-13-20)17(21)18-15-4-6-16(7-5-15)19-10-2-3-11-19/h2-7,10-11,14H,8-9,12-13H2,1H3,(H,18,21). The molecule has 0 saturated carbocycles. The van der Waals surface area contributed by atoms with Crippen molar-refractivity contribution in [2.75, 3.05) is 24.7 Å². The Hall–Kier alpha value is -2.12. The van der Waals surface area contributed by atoms with E-state index < -0.39 is 10.0 Å². The van der Waals surface area contributed by atoms with Crippen LogP contribution in [0.4, 0.5) is 5.69 Å². The molecule has 7 heteroatoms. The summed E-state index contributed by atoms with van der Waals surface area (Å²) in [5.74, 6) is -0.191. The van der Waals surface area contributed by atoms with Crippen LogP contribution in [0.3, 0.4) is 0 Å². The van der Waals surface area contributed by atoms with Crippen molar-refractivity contribution >= 4 is 21.6 Å². The van der Waals surface area contributed by atoms with Crippen LogP contribution in [0.25, 0.3) is 5.69 Å². The third-order valence-corrected chi connectivity index (χ3v) is 5.63. The Morgan fingerprint density at radius 2 is 1.67 bits per heavy atom. The average Bonchev–Trinajstić information content (AvgIpc) is 3.09. The average molecular weight is 347 g/mol. The topological polar surface area (TPSA) is 71.4 Å². The van der Waals surface area contributed by atoms with Gasteiger partial charge in [0.2, 0.25) is 15.9 Å². The van der Waals surface area contributed by atoms with Crippen LogP contribution in [0.5, 0.6) is 0 Å². The zero-order chi connectivity index (χ0) is 17.2. The highest BCUT2D eigenvalue weighted by molar-refractivity contribution is 7.88. The first-order valence-corrected chi connectivity index (χ1v) is 9.78. The van der Waals surface area contributed by atoms with Gasteiger partial charge in [0.05, 0.1) is 6.26 Å². The largest absolute Gasteiger partial charge is 0.326 e. The van der Waals surface area contributed by atoms with E-state index in [0.29, 0.717) is 25.9 Å². The summed E-state index contributed by atoms with van der Waals surface area (Å²) in [5, 5.41) is 2.92. The minimum atomic E-state index is -3.16. The predicted molar refractivity (Wildman–Crippen MR) is 93.5 cm³/mol. The van der Waals surface area contributed by atoms with Crippen molar-refractivity contribution in [3.8, 4) is 5.69 Å². The number of sulfonamides is 1. The van der Waals surface area contributed by atoms with Gasteiger partial charge in [-0.3, -0.25) is 4.79 Å². The summed E-state index contributed by atoms with van der Waals surface area (Å²) in [7, 11) is -3.16. The van der Waals surface area contributed by atoms with Crippen LogP contribution in [0, 0.1) is 5.92 Å². The maximum atomic E-state index is 12.4. The Labute approximate surface area is 142 Å². The molecule has 1 N–H and O–H groups in total. The Balaban J connectivity index is 1.58. The normalized spacial score (nSPS) is 16.9. The van der Waals surface area contributed by atoms with Gasteiger partial charge < -0.3 is 9.88 Å². The molecule has 0 aliphatic carbocycles. The van der Waals surface area contributed by atoms with Crippen LogP contribution >= 0.6 is 0 Å². The van der Waals surface area contributed by atoms with Gasteiger partial charge >= 0.3 is 0 Å². The Bertz CT molecular complexity index is 790. The number of hydrogen-bond donors (Lipinski definition) is 1. The zero-order valence-electron chi connectivity index (χ0n) is 13.6. The van der Waals surface area contributed by atoms with Gasteiger partial charge in [-0.1, -0.05) is 0 Å². The number of rotatable bonds is 4. The lowest BCUT2D eigenvalue weighted by atomic mass is 9.97. The maximum absolute atomic E-state index is 12.4. The SMILES string of the molecule is CS(=O)(=O)N1CCC(C(=O)Nc2ccc(-n3cccc3)cc2)CC1. The molecule has 24 heavy (non-hydrogen) atoms. The van der Waals surface area contributed by atoms with E-state index in [2.05, 4.69) is 5.32 Å². The van der Waals surface area contributed by atoms with Crippen molar-refractivity contribution in [3.63, 3.8) is 0 Å². The molecule has 0 radical (unpaired) electrons. The smallest absolute Gasteiger partial charge is 0.227 e. The fraction of sp³-hybridized carbons (Fsp3) is 0.353. The molecule has 0 atom stereocenters. The molecule has 2 aromatic rings. The zero-order valence-corrected chi connectivity index (χ0v) is 14.4. The Morgan fingerprint density at radius 3 is 2.21 bits per heavy atom. The van der Waals surface area contributed by atoms with E-state index in [1.165, 1.54) is 10.6 Å². The summed E-state index contributed by atoms with van der Waals surface area (Å²) in [6.07, 6.45) is 6.24. The van der Waals surface area contributed by atoms with E-state index in [9.17, 15) is 13.2 Å². The molecular formula is C17H21N3O3S. The van der Waals surface area contributed by atoms with Crippen LogP contribution in [0.1, 0.15) is 12.8 Å². The Morgan fingerprint density at radius 1 is 1.08 bits per heavy atom. The number of carbonyl (C=O) groups is 1. The molecule has 1 aromatic carbocycles. The highest BCUT2D eigenvalue weighted by atomic mass is 32.2. The number of amides is 1. The van der Waals surface area contributed by atoms with Crippen molar-refractivity contribution < 1.29 is 13.2 Å². The lowest BCUT2D eigenvalue weighted by Gasteiger charge is -2.29. The number of piperidine rings is 1. The van der Waals surface area contributed by atoms with E-state index in [0.717, 1.165) is 11.4 Å². The van der Waals surface area contributed by atoms with E-state index in [-0.39, 0.29) is 11.8 Å². The van der Waals surface area contributed by atoms with Gasteiger partial charge in [-0.2, -0.15) is 0 Å². The van der Waals surface area contributed by atoms with Crippen molar-refractivity contribution in [1.82, 2.24) is 8.87 Å². The van der Waals surface area contributed by atoms with Gasteiger partial charge in [-0.05, 0) is 49.2 Å². The Kier molecular flexibility index (Phi) is 4.73. The number of nitrogens with zero attached hydrogens (tertiary/aromatic N) is 2. The lowest BCUT2D eigenvalue weighted by Crippen LogP contribution is -2.40. The van der Waals surface area contributed by atoms with Gasteiger partial charge in [0.1, 0.15) is 0 Å². The second-order valence-electron chi connectivity index (χ2n) is 6.06. The fourth-order valence-corrected chi connectivity index (χ4v) is 3.79. The molecular weight excluding hydrogens is 326 g/mol. The molecule has 1 aromatic heterocycles. The fourth-order valence-electron chi connectivity index (χ4n) is 2.92. The van der Waals surface area contributed by atoms with Crippen molar-refractivity contribution in [3.05, 3.63) is 48.8 Å².